The lowest BCUT2D eigenvalue weighted by atomic mass is 10.2. The molecule has 0 fully saturated rings. The lowest BCUT2D eigenvalue weighted by Crippen LogP contribution is -2.02. The van der Waals surface area contributed by atoms with Crippen molar-refractivity contribution >= 4 is 33.4 Å². The number of hydrogen-bond donors (Lipinski definition) is 1. The monoisotopic (exact) mass is 352 g/mol. The number of nitrogens with two attached hydrogens (primary N) is 1. The summed E-state index contributed by atoms with van der Waals surface area (Å²) in [4.78, 5) is 0. The van der Waals surface area contributed by atoms with Gasteiger partial charge in [-0.2, -0.15) is 0 Å². The van der Waals surface area contributed by atoms with E-state index in [1.54, 1.807) is 11.8 Å². The number of benzene rings is 1. The van der Waals surface area contributed by atoms with Gasteiger partial charge in [0.05, 0.1) is 0 Å². The summed E-state index contributed by atoms with van der Waals surface area (Å²) >= 11 is 5.16. The molecule has 0 saturated carbocycles. The molecule has 2 N–H and O–H groups in total. The minimum atomic E-state index is 0.781. The van der Waals surface area contributed by atoms with Crippen LogP contribution in [0.4, 0.5) is 5.69 Å². The molecule has 2 aromatic rings. The maximum Gasteiger partial charge on any atom is 0.191 e. The number of aromatic nitrogens is 3. The molecule has 4 nitrogen and oxygen atoms in total. The third-order valence-corrected chi connectivity index (χ3v) is 5.26. The van der Waals surface area contributed by atoms with Gasteiger partial charge in [-0.15, -0.1) is 10.2 Å². The number of nitrogens with zero attached hydrogens (tertiary/aromatic N) is 3. The highest BCUT2D eigenvalue weighted by Crippen LogP contribution is 2.27. The van der Waals surface area contributed by atoms with Crippen molar-refractivity contribution in [3.63, 3.8) is 0 Å². The Labute approximate surface area is 131 Å². The molecule has 0 atom stereocenters. The SMILES string of the molecule is Nc1cc(CSc2nnc3n2CCCCC3)ccc1Br. The Bertz CT molecular complexity index is 611. The zero-order valence-corrected chi connectivity index (χ0v) is 13.6. The summed E-state index contributed by atoms with van der Waals surface area (Å²) in [6, 6.07) is 6.10. The van der Waals surface area contributed by atoms with Crippen LogP contribution < -0.4 is 5.73 Å². The van der Waals surface area contributed by atoms with Crippen LogP contribution in [-0.2, 0) is 18.7 Å². The smallest absolute Gasteiger partial charge is 0.191 e. The Morgan fingerprint density at radius 2 is 2.15 bits per heavy atom. The van der Waals surface area contributed by atoms with E-state index in [0.29, 0.717) is 0 Å². The number of halogens is 1. The average Bonchev–Trinajstić information content (AvgIpc) is 2.68. The Hall–Kier alpha value is -1.01. The van der Waals surface area contributed by atoms with Crippen molar-refractivity contribution in [2.24, 2.45) is 0 Å². The molecule has 20 heavy (non-hydrogen) atoms. The lowest BCUT2D eigenvalue weighted by Gasteiger charge is -2.07. The van der Waals surface area contributed by atoms with Crippen LogP contribution in [-0.4, -0.2) is 14.8 Å². The minimum Gasteiger partial charge on any atom is -0.398 e. The van der Waals surface area contributed by atoms with Crippen molar-refractivity contribution in [1.82, 2.24) is 14.8 Å². The number of hydrogen-bond acceptors (Lipinski definition) is 4. The van der Waals surface area contributed by atoms with Gasteiger partial charge in [0.15, 0.2) is 5.16 Å². The zero-order valence-electron chi connectivity index (χ0n) is 11.2. The van der Waals surface area contributed by atoms with Crippen molar-refractivity contribution in [3.05, 3.63) is 34.1 Å². The molecule has 3 rings (SSSR count). The van der Waals surface area contributed by atoms with Gasteiger partial charge in [-0.25, -0.2) is 0 Å². The van der Waals surface area contributed by atoms with Gasteiger partial charge in [-0.05, 0) is 46.5 Å². The van der Waals surface area contributed by atoms with E-state index in [2.05, 4.69) is 36.8 Å². The summed E-state index contributed by atoms with van der Waals surface area (Å²) in [6.45, 7) is 1.05. The van der Waals surface area contributed by atoms with E-state index in [1.165, 1.54) is 24.8 Å². The summed E-state index contributed by atoms with van der Waals surface area (Å²) < 4.78 is 3.22. The van der Waals surface area contributed by atoms with E-state index < -0.39 is 0 Å². The maximum atomic E-state index is 5.91. The molecule has 1 aliphatic heterocycles. The van der Waals surface area contributed by atoms with Gasteiger partial charge in [0.2, 0.25) is 0 Å². The highest BCUT2D eigenvalue weighted by Gasteiger charge is 2.14. The van der Waals surface area contributed by atoms with Crippen LogP contribution in [0.15, 0.2) is 27.8 Å². The molecule has 0 unspecified atom stereocenters. The summed E-state index contributed by atoms with van der Waals surface area (Å²) in [6.07, 6.45) is 4.80. The first-order valence-electron chi connectivity index (χ1n) is 6.83. The molecule has 1 aromatic carbocycles. The largest absolute Gasteiger partial charge is 0.398 e. The molecule has 0 bridgehead atoms. The number of aryl methyl sites for hydroxylation is 1. The van der Waals surface area contributed by atoms with Crippen molar-refractivity contribution in [3.8, 4) is 0 Å². The highest BCUT2D eigenvalue weighted by atomic mass is 79.9. The van der Waals surface area contributed by atoms with E-state index in [4.69, 9.17) is 5.73 Å². The third-order valence-electron chi connectivity index (χ3n) is 3.50. The quantitative estimate of drug-likeness (QED) is 0.676. The summed E-state index contributed by atoms with van der Waals surface area (Å²) in [7, 11) is 0. The third kappa shape index (κ3) is 3.01. The van der Waals surface area contributed by atoms with E-state index in [-0.39, 0.29) is 0 Å². The maximum absolute atomic E-state index is 5.91. The van der Waals surface area contributed by atoms with E-state index in [9.17, 15) is 0 Å². The first-order chi connectivity index (χ1) is 9.74. The van der Waals surface area contributed by atoms with Crippen molar-refractivity contribution in [1.29, 1.82) is 0 Å². The van der Waals surface area contributed by atoms with Gasteiger partial charge >= 0.3 is 0 Å². The summed E-state index contributed by atoms with van der Waals surface area (Å²) in [5.41, 5.74) is 7.90. The second-order valence-electron chi connectivity index (χ2n) is 5.01. The lowest BCUT2D eigenvalue weighted by molar-refractivity contribution is 0.591. The first kappa shape index (κ1) is 13.9. The van der Waals surface area contributed by atoms with Crippen LogP contribution in [0.25, 0.3) is 0 Å². The Morgan fingerprint density at radius 3 is 3.00 bits per heavy atom. The summed E-state index contributed by atoms with van der Waals surface area (Å²) in [5.74, 6) is 2.01. The summed E-state index contributed by atoms with van der Waals surface area (Å²) in [5, 5.41) is 9.68. The fourth-order valence-electron chi connectivity index (χ4n) is 2.40. The molecular formula is C14H17BrN4S. The topological polar surface area (TPSA) is 56.7 Å². The fourth-order valence-corrected chi connectivity index (χ4v) is 3.57. The van der Waals surface area contributed by atoms with E-state index in [1.807, 2.05) is 12.1 Å². The molecule has 2 heterocycles. The first-order valence-corrected chi connectivity index (χ1v) is 8.60. The van der Waals surface area contributed by atoms with Crippen LogP contribution in [0.1, 0.15) is 30.7 Å². The molecule has 0 amide bonds. The molecule has 0 radical (unpaired) electrons. The Morgan fingerprint density at radius 1 is 1.25 bits per heavy atom. The van der Waals surface area contributed by atoms with Gasteiger partial charge < -0.3 is 10.3 Å². The van der Waals surface area contributed by atoms with Crippen LogP contribution in [0, 0.1) is 0 Å². The zero-order chi connectivity index (χ0) is 13.9. The van der Waals surface area contributed by atoms with Gasteiger partial charge in [0.25, 0.3) is 0 Å². The molecule has 0 spiro atoms. The van der Waals surface area contributed by atoms with Crippen molar-refractivity contribution in [2.75, 3.05) is 5.73 Å². The average molecular weight is 353 g/mol. The number of nitrogen functional groups attached to an aromatic ring is 1. The van der Waals surface area contributed by atoms with Gasteiger partial charge in [-0.3, -0.25) is 0 Å². The van der Waals surface area contributed by atoms with Crippen molar-refractivity contribution < 1.29 is 0 Å². The number of anilines is 1. The second kappa shape index (κ2) is 6.18. The predicted octanol–water partition coefficient (Wildman–Crippen LogP) is 3.64. The number of thioether (sulfide) groups is 1. The predicted molar refractivity (Wildman–Crippen MR) is 85.7 cm³/mol. The van der Waals surface area contributed by atoms with Gasteiger partial charge in [0.1, 0.15) is 5.82 Å². The number of rotatable bonds is 3. The van der Waals surface area contributed by atoms with Crippen molar-refractivity contribution in [2.45, 2.75) is 43.1 Å². The molecular weight excluding hydrogens is 336 g/mol. The molecule has 0 saturated heterocycles. The Kier molecular flexibility index (Phi) is 4.31. The highest BCUT2D eigenvalue weighted by molar-refractivity contribution is 9.10. The van der Waals surface area contributed by atoms with Crippen LogP contribution in [0.5, 0.6) is 0 Å². The molecule has 106 valence electrons. The molecule has 1 aliphatic rings. The van der Waals surface area contributed by atoms with E-state index >= 15 is 0 Å². The molecule has 0 aliphatic carbocycles. The van der Waals surface area contributed by atoms with Crippen LogP contribution in [0.2, 0.25) is 0 Å². The molecule has 1 aromatic heterocycles. The normalized spacial score (nSPS) is 14.8. The number of fused-ring (bicyclic) bond motifs is 1. The fraction of sp³-hybridized carbons (Fsp3) is 0.429. The Balaban J connectivity index is 1.72. The van der Waals surface area contributed by atoms with Crippen LogP contribution in [0.3, 0.4) is 0 Å². The van der Waals surface area contributed by atoms with Gasteiger partial charge in [-0.1, -0.05) is 24.2 Å². The molecule has 6 heteroatoms. The van der Waals surface area contributed by atoms with E-state index in [0.717, 1.165) is 39.9 Å². The second-order valence-corrected chi connectivity index (χ2v) is 6.80. The van der Waals surface area contributed by atoms with Crippen LogP contribution >= 0.6 is 27.7 Å². The minimum absolute atomic E-state index is 0.781. The standard InChI is InChI=1S/C14H17BrN4S/c15-11-6-5-10(8-12(11)16)9-20-14-18-17-13-4-2-1-3-7-19(13)14/h5-6,8H,1-4,7,9,16H2. The van der Waals surface area contributed by atoms with Gasteiger partial charge in [0, 0.05) is 28.9 Å².